The summed E-state index contributed by atoms with van der Waals surface area (Å²) in [4.78, 5) is 15.2. The maximum absolute atomic E-state index is 11.2. The van der Waals surface area contributed by atoms with Gasteiger partial charge in [0.2, 0.25) is 5.88 Å². The van der Waals surface area contributed by atoms with E-state index in [0.29, 0.717) is 23.7 Å². The third-order valence-corrected chi connectivity index (χ3v) is 3.01. The van der Waals surface area contributed by atoms with Crippen molar-refractivity contribution in [2.45, 2.75) is 6.42 Å². The number of hydrogen-bond donors (Lipinski definition) is 3. The first-order valence-electron chi connectivity index (χ1n) is 5.78. The van der Waals surface area contributed by atoms with Crippen molar-refractivity contribution in [3.05, 3.63) is 42.3 Å². The van der Waals surface area contributed by atoms with Crippen molar-refractivity contribution in [3.63, 3.8) is 0 Å². The van der Waals surface area contributed by atoms with Crippen molar-refractivity contribution in [1.82, 2.24) is 4.98 Å². The molecular weight excluding hydrogens is 246 g/mol. The maximum atomic E-state index is 11.2. The highest BCUT2D eigenvalue weighted by Crippen LogP contribution is 2.29. The Bertz CT molecular complexity index is 537. The van der Waals surface area contributed by atoms with Crippen LogP contribution in [0.5, 0.6) is 5.88 Å². The largest absolute Gasteiger partial charge is 0.481 e. The highest BCUT2D eigenvalue weighted by atomic mass is 16.5. The second kappa shape index (κ2) is 5.11. The van der Waals surface area contributed by atoms with Crippen LogP contribution in [-0.4, -0.2) is 22.6 Å². The Morgan fingerprint density at radius 3 is 2.79 bits per heavy atom. The van der Waals surface area contributed by atoms with Crippen molar-refractivity contribution >= 4 is 11.7 Å². The minimum absolute atomic E-state index is 0.0444. The Hall–Kier alpha value is -2.34. The van der Waals surface area contributed by atoms with Gasteiger partial charge in [-0.15, -0.1) is 0 Å². The van der Waals surface area contributed by atoms with E-state index in [0.717, 1.165) is 0 Å². The van der Waals surface area contributed by atoms with Crippen LogP contribution in [0.1, 0.15) is 6.42 Å². The zero-order valence-electron chi connectivity index (χ0n) is 10.2. The van der Waals surface area contributed by atoms with Gasteiger partial charge in [0.15, 0.2) is 0 Å². The van der Waals surface area contributed by atoms with Gasteiger partial charge in [-0.25, -0.2) is 4.98 Å². The molecule has 1 aliphatic rings. The van der Waals surface area contributed by atoms with Gasteiger partial charge >= 0.3 is 5.97 Å². The minimum atomic E-state index is -1.04. The maximum Gasteiger partial charge on any atom is 0.315 e. The van der Waals surface area contributed by atoms with Crippen molar-refractivity contribution < 1.29 is 14.6 Å². The van der Waals surface area contributed by atoms with E-state index in [4.69, 9.17) is 21.3 Å². The SMILES string of the molecule is NCC1(C(=O)O)C=CC(Oc2ccc(N)cn2)=CC1. The predicted molar refractivity (Wildman–Crippen MR) is 70.2 cm³/mol. The van der Waals surface area contributed by atoms with E-state index < -0.39 is 11.4 Å². The lowest BCUT2D eigenvalue weighted by atomic mass is 9.81. The van der Waals surface area contributed by atoms with Crippen LogP contribution in [0, 0.1) is 5.41 Å². The van der Waals surface area contributed by atoms with Gasteiger partial charge in [-0.1, -0.05) is 6.08 Å². The normalized spacial score (nSPS) is 21.8. The number of aliphatic carboxylic acids is 1. The number of nitrogens with zero attached hydrogens (tertiary/aromatic N) is 1. The zero-order valence-corrected chi connectivity index (χ0v) is 10.2. The number of aromatic nitrogens is 1. The molecule has 0 saturated carbocycles. The summed E-state index contributed by atoms with van der Waals surface area (Å²) >= 11 is 0. The second-order valence-electron chi connectivity index (χ2n) is 4.34. The average Bonchev–Trinajstić information content (AvgIpc) is 2.42. The molecule has 1 unspecified atom stereocenters. The summed E-state index contributed by atoms with van der Waals surface area (Å²) in [7, 11) is 0. The second-order valence-corrected chi connectivity index (χ2v) is 4.34. The highest BCUT2D eigenvalue weighted by molar-refractivity contribution is 5.78. The fourth-order valence-corrected chi connectivity index (χ4v) is 1.71. The first kappa shape index (κ1) is 13.1. The molecule has 0 aromatic carbocycles. The number of nitrogen functional groups attached to an aromatic ring is 1. The lowest BCUT2D eigenvalue weighted by Crippen LogP contribution is -2.37. The van der Waals surface area contributed by atoms with Gasteiger partial charge in [0.1, 0.15) is 11.2 Å². The summed E-state index contributed by atoms with van der Waals surface area (Å²) in [5.74, 6) is 0.00966. The molecule has 0 fully saturated rings. The number of allylic oxidation sites excluding steroid dienone is 2. The fourth-order valence-electron chi connectivity index (χ4n) is 1.71. The molecule has 1 heterocycles. The summed E-state index contributed by atoms with van der Waals surface area (Å²) in [5, 5.41) is 9.17. The van der Waals surface area contributed by atoms with Gasteiger partial charge in [0.25, 0.3) is 0 Å². The molecule has 0 saturated heterocycles. The number of anilines is 1. The monoisotopic (exact) mass is 261 g/mol. The Kier molecular flexibility index (Phi) is 3.52. The molecule has 5 N–H and O–H groups in total. The Labute approximate surface area is 110 Å². The lowest BCUT2D eigenvalue weighted by molar-refractivity contribution is -0.145. The number of pyridine rings is 1. The molecule has 1 aromatic heterocycles. The van der Waals surface area contributed by atoms with Crippen molar-refractivity contribution in [2.24, 2.45) is 11.1 Å². The third-order valence-electron chi connectivity index (χ3n) is 3.01. The van der Waals surface area contributed by atoms with E-state index in [1.165, 1.54) is 6.20 Å². The molecule has 1 atom stereocenters. The number of hydrogen-bond acceptors (Lipinski definition) is 5. The molecule has 6 nitrogen and oxygen atoms in total. The molecule has 19 heavy (non-hydrogen) atoms. The predicted octanol–water partition coefficient (Wildman–Crippen LogP) is 0.916. The number of nitrogens with two attached hydrogens (primary N) is 2. The quantitative estimate of drug-likeness (QED) is 0.743. The summed E-state index contributed by atoms with van der Waals surface area (Å²) in [6.07, 6.45) is 6.63. The minimum Gasteiger partial charge on any atom is -0.481 e. The average molecular weight is 261 g/mol. The van der Waals surface area contributed by atoms with Crippen molar-refractivity contribution in [2.75, 3.05) is 12.3 Å². The molecule has 0 amide bonds. The van der Waals surface area contributed by atoms with Crippen LogP contribution in [0.2, 0.25) is 0 Å². The van der Waals surface area contributed by atoms with Gasteiger partial charge in [0.05, 0.1) is 11.9 Å². The highest BCUT2D eigenvalue weighted by Gasteiger charge is 2.35. The lowest BCUT2D eigenvalue weighted by Gasteiger charge is -2.25. The molecule has 100 valence electrons. The number of ether oxygens (including phenoxy) is 1. The van der Waals surface area contributed by atoms with E-state index in [2.05, 4.69) is 4.98 Å². The molecule has 0 bridgehead atoms. The van der Waals surface area contributed by atoms with E-state index >= 15 is 0 Å². The number of carboxylic acid groups (broad SMARTS) is 1. The molecule has 6 heteroatoms. The third kappa shape index (κ3) is 2.74. The summed E-state index contributed by atoms with van der Waals surface area (Å²) < 4.78 is 5.50. The smallest absolute Gasteiger partial charge is 0.315 e. The molecule has 0 aliphatic heterocycles. The summed E-state index contributed by atoms with van der Waals surface area (Å²) in [5.41, 5.74) is 10.6. The Morgan fingerprint density at radius 2 is 2.32 bits per heavy atom. The molecular formula is C13H15N3O3. The summed E-state index contributed by atoms with van der Waals surface area (Å²) in [6.45, 7) is 0.0444. The molecule has 1 aromatic rings. The molecule has 2 rings (SSSR count). The topological polar surface area (TPSA) is 111 Å². The van der Waals surface area contributed by atoms with Gasteiger partial charge in [0, 0.05) is 12.6 Å². The Morgan fingerprint density at radius 1 is 1.53 bits per heavy atom. The van der Waals surface area contributed by atoms with Crippen LogP contribution < -0.4 is 16.2 Å². The van der Waals surface area contributed by atoms with E-state index in [1.807, 2.05) is 0 Å². The molecule has 0 radical (unpaired) electrons. The first-order chi connectivity index (χ1) is 9.05. The number of carbonyl (C=O) groups is 1. The van der Waals surface area contributed by atoms with E-state index in [1.54, 1.807) is 30.4 Å². The number of rotatable bonds is 4. The van der Waals surface area contributed by atoms with Crippen LogP contribution in [0.15, 0.2) is 42.3 Å². The zero-order chi connectivity index (χ0) is 13.9. The van der Waals surface area contributed by atoms with Crippen LogP contribution in [-0.2, 0) is 4.79 Å². The fraction of sp³-hybridized carbons (Fsp3) is 0.231. The Balaban J connectivity index is 2.08. The van der Waals surface area contributed by atoms with E-state index in [-0.39, 0.29) is 6.54 Å². The molecule has 0 spiro atoms. The van der Waals surface area contributed by atoms with Crippen LogP contribution in [0.4, 0.5) is 5.69 Å². The van der Waals surface area contributed by atoms with Gasteiger partial charge in [-0.2, -0.15) is 0 Å². The standard InChI is InChI=1S/C13H15N3O3/c14-8-13(12(17)18)5-3-10(4-6-13)19-11-2-1-9(15)7-16-11/h1-5,7H,6,8,14-15H2,(H,17,18). The van der Waals surface area contributed by atoms with Crippen molar-refractivity contribution in [1.29, 1.82) is 0 Å². The van der Waals surface area contributed by atoms with Gasteiger partial charge in [-0.05, 0) is 24.6 Å². The van der Waals surface area contributed by atoms with Crippen molar-refractivity contribution in [3.8, 4) is 5.88 Å². The van der Waals surface area contributed by atoms with Crippen LogP contribution in [0.3, 0.4) is 0 Å². The molecule has 1 aliphatic carbocycles. The first-order valence-corrected chi connectivity index (χ1v) is 5.78. The summed E-state index contributed by atoms with van der Waals surface area (Å²) in [6, 6.07) is 3.32. The number of carboxylic acids is 1. The van der Waals surface area contributed by atoms with Crippen LogP contribution in [0.25, 0.3) is 0 Å². The van der Waals surface area contributed by atoms with Crippen LogP contribution >= 0.6 is 0 Å². The van der Waals surface area contributed by atoms with Gasteiger partial charge in [-0.3, -0.25) is 4.79 Å². The van der Waals surface area contributed by atoms with E-state index in [9.17, 15) is 4.79 Å². The van der Waals surface area contributed by atoms with Gasteiger partial charge < -0.3 is 21.3 Å².